The van der Waals surface area contributed by atoms with E-state index in [0.29, 0.717) is 6.04 Å². The highest BCUT2D eigenvalue weighted by Gasteiger charge is 2.18. The third kappa shape index (κ3) is 1.46. The number of aryl methyl sites for hydroxylation is 1. The van der Waals surface area contributed by atoms with Gasteiger partial charge < -0.3 is 5.32 Å². The van der Waals surface area contributed by atoms with E-state index in [2.05, 4.69) is 12.2 Å². The molecule has 1 aliphatic rings. The zero-order chi connectivity index (χ0) is 9.42. The third-order valence-electron chi connectivity index (χ3n) is 2.68. The summed E-state index contributed by atoms with van der Waals surface area (Å²) in [5, 5.41) is 3.32. The van der Waals surface area contributed by atoms with Gasteiger partial charge in [0.1, 0.15) is 5.82 Å². The van der Waals surface area contributed by atoms with Gasteiger partial charge >= 0.3 is 0 Å². The molecule has 0 bridgehead atoms. The van der Waals surface area contributed by atoms with Gasteiger partial charge in [-0.1, -0.05) is 12.1 Å². The molecule has 1 aliphatic heterocycles. The molecular weight excluding hydrogens is 165 g/mol. The van der Waals surface area contributed by atoms with Crippen LogP contribution in [-0.4, -0.2) is 6.04 Å². The Morgan fingerprint density at radius 3 is 3.00 bits per heavy atom. The summed E-state index contributed by atoms with van der Waals surface area (Å²) in [6.07, 6.45) is 0.808. The minimum absolute atomic E-state index is 0.00847. The van der Waals surface area contributed by atoms with E-state index in [0.717, 1.165) is 29.7 Å². The topological polar surface area (TPSA) is 12.0 Å². The maximum absolute atomic E-state index is 13.6. The van der Waals surface area contributed by atoms with Crippen LogP contribution in [0.3, 0.4) is 0 Å². The van der Waals surface area contributed by atoms with Crippen molar-refractivity contribution < 1.29 is 4.39 Å². The van der Waals surface area contributed by atoms with Crippen molar-refractivity contribution in [2.24, 2.45) is 0 Å². The summed E-state index contributed by atoms with van der Waals surface area (Å²) in [5.74, 6) is -0.00847. The van der Waals surface area contributed by atoms with E-state index in [1.807, 2.05) is 19.1 Å². The van der Waals surface area contributed by atoms with E-state index >= 15 is 0 Å². The summed E-state index contributed by atoms with van der Waals surface area (Å²) in [6.45, 7) is 4.71. The molecule has 70 valence electrons. The zero-order valence-electron chi connectivity index (χ0n) is 8.02. The molecule has 0 saturated heterocycles. The number of benzene rings is 1. The molecule has 0 fully saturated rings. The fraction of sp³-hybridized carbons (Fsp3) is 0.455. The Kier molecular flexibility index (Phi) is 2.08. The summed E-state index contributed by atoms with van der Waals surface area (Å²) in [7, 11) is 0. The van der Waals surface area contributed by atoms with Gasteiger partial charge in [-0.15, -0.1) is 0 Å². The van der Waals surface area contributed by atoms with Crippen molar-refractivity contribution in [3.63, 3.8) is 0 Å². The maximum Gasteiger partial charge on any atom is 0.129 e. The Morgan fingerprint density at radius 1 is 1.46 bits per heavy atom. The second-order valence-corrected chi connectivity index (χ2v) is 3.82. The summed E-state index contributed by atoms with van der Waals surface area (Å²) >= 11 is 0. The Labute approximate surface area is 78.0 Å². The van der Waals surface area contributed by atoms with Crippen LogP contribution in [-0.2, 0) is 13.0 Å². The predicted molar refractivity (Wildman–Crippen MR) is 51.1 cm³/mol. The summed E-state index contributed by atoms with van der Waals surface area (Å²) < 4.78 is 13.6. The van der Waals surface area contributed by atoms with Gasteiger partial charge in [0.15, 0.2) is 0 Å². The van der Waals surface area contributed by atoms with E-state index in [9.17, 15) is 4.39 Å². The van der Waals surface area contributed by atoms with Gasteiger partial charge in [-0.2, -0.15) is 0 Å². The molecule has 0 saturated carbocycles. The van der Waals surface area contributed by atoms with Crippen molar-refractivity contribution in [1.29, 1.82) is 0 Å². The van der Waals surface area contributed by atoms with E-state index in [-0.39, 0.29) is 5.82 Å². The van der Waals surface area contributed by atoms with Gasteiger partial charge in [-0.25, -0.2) is 4.39 Å². The molecule has 2 rings (SSSR count). The first-order valence-corrected chi connectivity index (χ1v) is 4.68. The van der Waals surface area contributed by atoms with Gasteiger partial charge in [-0.05, 0) is 37.0 Å². The molecule has 0 radical (unpaired) electrons. The molecule has 1 N–H and O–H groups in total. The number of rotatable bonds is 0. The second kappa shape index (κ2) is 3.11. The van der Waals surface area contributed by atoms with Gasteiger partial charge in [0.2, 0.25) is 0 Å². The lowest BCUT2D eigenvalue weighted by molar-refractivity contribution is 0.488. The molecule has 0 aliphatic carbocycles. The molecule has 1 heterocycles. The summed E-state index contributed by atoms with van der Waals surface area (Å²) in [4.78, 5) is 0. The van der Waals surface area contributed by atoms with Crippen LogP contribution >= 0.6 is 0 Å². The minimum atomic E-state index is -0.00847. The molecule has 0 spiro atoms. The standard InChI is InChI=1S/C11H14FN/c1-7-3-4-9-6-13-8(2)5-10(9)11(7)12/h3-4,8,13H,5-6H2,1-2H3. The normalized spacial score (nSPS) is 21.3. The van der Waals surface area contributed by atoms with Crippen molar-refractivity contribution in [1.82, 2.24) is 5.32 Å². The molecule has 0 amide bonds. The monoisotopic (exact) mass is 179 g/mol. The molecule has 1 aromatic carbocycles. The third-order valence-corrected chi connectivity index (χ3v) is 2.68. The first-order valence-electron chi connectivity index (χ1n) is 4.68. The van der Waals surface area contributed by atoms with Crippen molar-refractivity contribution >= 4 is 0 Å². The molecule has 1 atom stereocenters. The second-order valence-electron chi connectivity index (χ2n) is 3.82. The molecule has 13 heavy (non-hydrogen) atoms. The van der Waals surface area contributed by atoms with Crippen LogP contribution in [0.4, 0.5) is 4.39 Å². The summed E-state index contributed by atoms with van der Waals surface area (Å²) in [6, 6.07) is 4.27. The summed E-state index contributed by atoms with van der Waals surface area (Å²) in [5.41, 5.74) is 2.78. The van der Waals surface area contributed by atoms with Gasteiger partial charge in [0.25, 0.3) is 0 Å². The lowest BCUT2D eigenvalue weighted by atomic mass is 9.94. The quantitative estimate of drug-likeness (QED) is 0.643. The van der Waals surface area contributed by atoms with E-state index in [4.69, 9.17) is 0 Å². The smallest absolute Gasteiger partial charge is 0.129 e. The van der Waals surface area contributed by atoms with Crippen LogP contribution in [0.25, 0.3) is 0 Å². The fourth-order valence-electron chi connectivity index (χ4n) is 1.83. The van der Waals surface area contributed by atoms with Crippen LogP contribution in [0.15, 0.2) is 12.1 Å². The van der Waals surface area contributed by atoms with Gasteiger partial charge in [0.05, 0.1) is 0 Å². The lowest BCUT2D eigenvalue weighted by Crippen LogP contribution is -2.33. The van der Waals surface area contributed by atoms with Gasteiger partial charge in [0, 0.05) is 12.6 Å². The van der Waals surface area contributed by atoms with Crippen LogP contribution in [0.5, 0.6) is 0 Å². The van der Waals surface area contributed by atoms with Crippen LogP contribution in [0.1, 0.15) is 23.6 Å². The number of hydrogen-bond donors (Lipinski definition) is 1. The average molecular weight is 179 g/mol. The Bertz CT molecular complexity index is 333. The van der Waals surface area contributed by atoms with Crippen LogP contribution < -0.4 is 5.32 Å². The zero-order valence-corrected chi connectivity index (χ0v) is 8.02. The van der Waals surface area contributed by atoms with Gasteiger partial charge in [-0.3, -0.25) is 0 Å². The number of hydrogen-bond acceptors (Lipinski definition) is 1. The van der Waals surface area contributed by atoms with Crippen LogP contribution in [0.2, 0.25) is 0 Å². The first kappa shape index (κ1) is 8.70. The highest BCUT2D eigenvalue weighted by atomic mass is 19.1. The number of nitrogens with one attached hydrogen (secondary N) is 1. The SMILES string of the molecule is Cc1ccc2c(c1F)CC(C)NC2. The predicted octanol–water partition coefficient (Wildman–Crippen LogP) is 2.17. The number of fused-ring (bicyclic) bond motifs is 1. The fourth-order valence-corrected chi connectivity index (χ4v) is 1.83. The van der Waals surface area contributed by atoms with Crippen molar-refractivity contribution in [3.8, 4) is 0 Å². The van der Waals surface area contributed by atoms with E-state index in [1.165, 1.54) is 0 Å². The Balaban J connectivity index is 2.48. The Morgan fingerprint density at radius 2 is 2.23 bits per heavy atom. The molecular formula is C11H14FN. The maximum atomic E-state index is 13.6. The minimum Gasteiger partial charge on any atom is -0.310 e. The highest BCUT2D eigenvalue weighted by molar-refractivity contribution is 5.35. The molecule has 0 aromatic heterocycles. The average Bonchev–Trinajstić information content (AvgIpc) is 2.12. The first-order chi connectivity index (χ1) is 6.18. The molecule has 2 heteroatoms. The van der Waals surface area contributed by atoms with E-state index < -0.39 is 0 Å². The lowest BCUT2D eigenvalue weighted by Gasteiger charge is -2.24. The van der Waals surface area contributed by atoms with Crippen molar-refractivity contribution in [2.75, 3.05) is 0 Å². The van der Waals surface area contributed by atoms with Crippen molar-refractivity contribution in [3.05, 3.63) is 34.6 Å². The molecule has 1 nitrogen and oxygen atoms in total. The highest BCUT2D eigenvalue weighted by Crippen LogP contribution is 2.22. The van der Waals surface area contributed by atoms with Crippen LogP contribution in [0, 0.1) is 12.7 Å². The number of halogens is 1. The van der Waals surface area contributed by atoms with E-state index in [1.54, 1.807) is 0 Å². The molecule has 1 aromatic rings. The largest absolute Gasteiger partial charge is 0.310 e. The van der Waals surface area contributed by atoms with Crippen molar-refractivity contribution in [2.45, 2.75) is 32.9 Å². The Hall–Kier alpha value is -0.890. The molecule has 1 unspecified atom stereocenters.